The molecule has 0 aromatic rings. The maximum atomic E-state index is 12.4. The van der Waals surface area contributed by atoms with Crippen molar-refractivity contribution in [2.75, 3.05) is 95.1 Å². The maximum absolute atomic E-state index is 12.4. The van der Waals surface area contributed by atoms with Gasteiger partial charge in [-0.05, 0) is 11.8 Å². The topological polar surface area (TPSA) is 78.4 Å². The predicted octanol–water partition coefficient (Wildman–Crippen LogP) is 3.20. The summed E-state index contributed by atoms with van der Waals surface area (Å²) in [5.74, 6) is 0.185. The molecule has 8 nitrogen and oxygen atoms in total. The Morgan fingerprint density at radius 2 is 1.24 bits per heavy atom. The quantitative estimate of drug-likeness (QED) is 0.209. The summed E-state index contributed by atoms with van der Waals surface area (Å²) in [5.41, 5.74) is 0.143. The van der Waals surface area contributed by atoms with Crippen molar-refractivity contribution in [1.82, 2.24) is 10.6 Å². The van der Waals surface area contributed by atoms with Gasteiger partial charge in [0.2, 0.25) is 5.91 Å². The summed E-state index contributed by atoms with van der Waals surface area (Å²) in [6.45, 7) is 13.3. The molecular formula is C29H70N5O3+3. The van der Waals surface area contributed by atoms with E-state index in [-0.39, 0.29) is 51.5 Å². The summed E-state index contributed by atoms with van der Waals surface area (Å²) < 4.78 is 2.07. The van der Waals surface area contributed by atoms with Gasteiger partial charge in [0.1, 0.15) is 13.1 Å². The zero-order valence-electron chi connectivity index (χ0n) is 24.3. The fourth-order valence-corrected chi connectivity index (χ4v) is 4.51. The molecule has 0 aromatic heterocycles. The summed E-state index contributed by atoms with van der Waals surface area (Å²) in [4.78, 5) is 24.7. The van der Waals surface area contributed by atoms with E-state index in [1.807, 2.05) is 6.92 Å². The highest BCUT2D eigenvalue weighted by Gasteiger charge is 2.25. The average Bonchev–Trinajstić information content (AvgIpc) is 2.58. The highest BCUT2D eigenvalue weighted by molar-refractivity contribution is 5.78. The summed E-state index contributed by atoms with van der Waals surface area (Å²) in [5, 5.41) is 16.4. The van der Waals surface area contributed by atoms with Gasteiger partial charge < -0.3 is 29.2 Å². The van der Waals surface area contributed by atoms with Crippen LogP contribution in [0.25, 0.3) is 0 Å². The van der Waals surface area contributed by atoms with E-state index in [0.717, 1.165) is 47.9 Å². The number of amides is 2. The molecule has 0 aromatic carbocycles. The number of nitrogens with one attached hydrogen (secondary N) is 2. The second kappa shape index (κ2) is 18.1. The average molecular weight is 537 g/mol. The first kappa shape index (κ1) is 42.9. The minimum Gasteiger partial charge on any atom is -0.382 e. The molecular weight excluding hydrogens is 466 g/mol. The Kier molecular flexibility index (Phi) is 21.0. The van der Waals surface area contributed by atoms with Crippen LogP contribution < -0.4 is 10.6 Å². The third-order valence-electron chi connectivity index (χ3n) is 5.90. The van der Waals surface area contributed by atoms with Crippen LogP contribution in [0.5, 0.6) is 0 Å². The number of aliphatic hydroxyl groups excluding tert-OH is 1. The molecule has 0 bridgehead atoms. The van der Waals surface area contributed by atoms with Crippen LogP contribution in [-0.2, 0) is 9.59 Å². The number of aliphatic hydroxyl groups is 1. The van der Waals surface area contributed by atoms with E-state index in [4.69, 9.17) is 0 Å². The first-order valence-electron chi connectivity index (χ1n) is 12.9. The lowest BCUT2D eigenvalue weighted by Crippen LogP contribution is -2.52. The van der Waals surface area contributed by atoms with E-state index >= 15 is 0 Å². The molecule has 0 saturated carbocycles. The molecule has 0 aliphatic heterocycles. The van der Waals surface area contributed by atoms with E-state index in [9.17, 15) is 14.7 Å². The number of hydrogen-bond acceptors (Lipinski definition) is 3. The second-order valence-corrected chi connectivity index (χ2v) is 13.8. The minimum absolute atomic E-state index is 0. The standard InChI is InChI=1S/C26H56N5O3.3CH4/c1-22(18-26(2,3)4)25(34)28-15-13-17-31(10,11)21-24(33)27-14-12-16-30(8,9)20-23(32)19-29(5,6)7;;;/h22-23,32H,12-21H2,1-11H3;3*1H4/q+1;;;/p+2. The zero-order valence-corrected chi connectivity index (χ0v) is 24.3. The first-order chi connectivity index (χ1) is 15.2. The molecule has 2 atom stereocenters. The molecule has 0 saturated heterocycles. The molecule has 0 heterocycles. The van der Waals surface area contributed by atoms with Crippen LogP contribution in [-0.4, -0.2) is 132 Å². The van der Waals surface area contributed by atoms with Gasteiger partial charge in [-0.1, -0.05) is 50.0 Å². The van der Waals surface area contributed by atoms with Gasteiger partial charge in [-0.25, -0.2) is 0 Å². The van der Waals surface area contributed by atoms with Gasteiger partial charge in [-0.2, -0.15) is 0 Å². The van der Waals surface area contributed by atoms with Crippen molar-refractivity contribution in [2.45, 2.75) is 75.3 Å². The highest BCUT2D eigenvalue weighted by atomic mass is 16.3. The molecule has 0 rings (SSSR count). The number of hydrogen-bond donors (Lipinski definition) is 3. The van der Waals surface area contributed by atoms with E-state index in [2.05, 4.69) is 80.7 Å². The van der Waals surface area contributed by atoms with Crippen molar-refractivity contribution in [1.29, 1.82) is 0 Å². The molecule has 0 aliphatic carbocycles. The van der Waals surface area contributed by atoms with Gasteiger partial charge in [-0.15, -0.1) is 0 Å². The Hall–Kier alpha value is -1.22. The fourth-order valence-electron chi connectivity index (χ4n) is 4.51. The number of carbonyl (C=O) groups is 2. The van der Waals surface area contributed by atoms with Gasteiger partial charge in [0, 0.05) is 31.8 Å². The third-order valence-corrected chi connectivity index (χ3v) is 5.90. The van der Waals surface area contributed by atoms with E-state index in [0.29, 0.717) is 30.7 Å². The zero-order chi connectivity index (χ0) is 26.8. The fraction of sp³-hybridized carbons (Fsp3) is 0.931. The monoisotopic (exact) mass is 537 g/mol. The number of quaternary nitrogens is 3. The van der Waals surface area contributed by atoms with E-state index in [1.165, 1.54) is 0 Å². The second-order valence-electron chi connectivity index (χ2n) is 13.8. The highest BCUT2D eigenvalue weighted by Crippen LogP contribution is 2.24. The van der Waals surface area contributed by atoms with Crippen LogP contribution >= 0.6 is 0 Å². The van der Waals surface area contributed by atoms with Crippen molar-refractivity contribution in [3.8, 4) is 0 Å². The number of carbonyl (C=O) groups excluding carboxylic acids is 2. The molecule has 37 heavy (non-hydrogen) atoms. The van der Waals surface area contributed by atoms with Crippen LogP contribution in [0.1, 0.15) is 69.2 Å². The van der Waals surface area contributed by atoms with Crippen LogP contribution in [0.2, 0.25) is 0 Å². The summed E-state index contributed by atoms with van der Waals surface area (Å²) in [6, 6.07) is 0. The van der Waals surface area contributed by atoms with Gasteiger partial charge in [0.25, 0.3) is 5.91 Å². The SMILES string of the molecule is C.C.C.CC(CC(C)(C)C)C(=O)NCCC[N+](C)(C)CC(=O)NCCC[N+](C)(C)CC(O)C[N+](C)(C)C. The molecule has 3 N–H and O–H groups in total. The predicted molar refractivity (Wildman–Crippen MR) is 161 cm³/mol. The molecule has 2 amide bonds. The molecule has 226 valence electrons. The summed E-state index contributed by atoms with van der Waals surface area (Å²) in [7, 11) is 14.6. The summed E-state index contributed by atoms with van der Waals surface area (Å²) >= 11 is 0. The summed E-state index contributed by atoms with van der Waals surface area (Å²) in [6.07, 6.45) is 2.25. The first-order valence-corrected chi connectivity index (χ1v) is 12.9. The van der Waals surface area contributed by atoms with Gasteiger partial charge in [-0.3, -0.25) is 9.59 Å². The van der Waals surface area contributed by atoms with Crippen molar-refractivity contribution in [2.24, 2.45) is 11.3 Å². The van der Waals surface area contributed by atoms with E-state index < -0.39 is 0 Å². The lowest BCUT2D eigenvalue weighted by atomic mass is 9.85. The largest absolute Gasteiger partial charge is 0.382 e. The lowest BCUT2D eigenvalue weighted by molar-refractivity contribution is -0.907. The van der Waals surface area contributed by atoms with Gasteiger partial charge in [0.15, 0.2) is 12.6 Å². The van der Waals surface area contributed by atoms with Crippen LogP contribution in [0.15, 0.2) is 0 Å². The minimum atomic E-state index is -0.339. The smallest absolute Gasteiger partial charge is 0.275 e. The molecule has 8 heteroatoms. The maximum Gasteiger partial charge on any atom is 0.275 e. The Balaban J connectivity index is -0.00000181. The third kappa shape index (κ3) is 24.9. The Labute approximate surface area is 232 Å². The Bertz CT molecular complexity index is 622. The molecule has 0 fully saturated rings. The van der Waals surface area contributed by atoms with Gasteiger partial charge >= 0.3 is 0 Å². The number of likely N-dealkylation sites (N-methyl/N-ethyl adjacent to an activating group) is 3. The van der Waals surface area contributed by atoms with Crippen LogP contribution in [0, 0.1) is 11.3 Å². The van der Waals surface area contributed by atoms with Gasteiger partial charge in [0.05, 0.1) is 62.4 Å². The Morgan fingerprint density at radius 3 is 1.70 bits per heavy atom. The molecule has 2 unspecified atom stereocenters. The van der Waals surface area contributed by atoms with Crippen molar-refractivity contribution >= 4 is 11.8 Å². The lowest BCUT2D eigenvalue weighted by Gasteiger charge is -2.34. The van der Waals surface area contributed by atoms with Crippen molar-refractivity contribution in [3.05, 3.63) is 0 Å². The molecule has 0 spiro atoms. The van der Waals surface area contributed by atoms with Crippen LogP contribution in [0.3, 0.4) is 0 Å². The number of nitrogens with zero attached hydrogens (tertiary/aromatic N) is 3. The van der Waals surface area contributed by atoms with Crippen molar-refractivity contribution < 1.29 is 28.1 Å². The molecule has 0 aliphatic rings. The van der Waals surface area contributed by atoms with E-state index in [1.54, 1.807) is 0 Å². The van der Waals surface area contributed by atoms with Crippen LogP contribution in [0.4, 0.5) is 0 Å². The van der Waals surface area contributed by atoms with Crippen molar-refractivity contribution in [3.63, 3.8) is 0 Å². The molecule has 0 radical (unpaired) electrons. The Morgan fingerprint density at radius 1 is 0.784 bits per heavy atom. The number of rotatable bonds is 16. The normalized spacial score (nSPS) is 13.8.